The highest BCUT2D eigenvalue weighted by molar-refractivity contribution is 5.36. The van der Waals surface area contributed by atoms with Crippen LogP contribution in [0.15, 0.2) is 24.3 Å². The molecule has 18 heavy (non-hydrogen) atoms. The number of alkyl halides is 3. The molecule has 0 saturated carbocycles. The van der Waals surface area contributed by atoms with Crippen molar-refractivity contribution in [2.75, 3.05) is 6.54 Å². The lowest BCUT2D eigenvalue weighted by molar-refractivity contribution is -0.137. The van der Waals surface area contributed by atoms with E-state index in [1.165, 1.54) is 16.8 Å². The zero-order chi connectivity index (χ0) is 13.2. The molecule has 8 heteroatoms. The fraction of sp³-hybridized carbons (Fsp3) is 0.300. The van der Waals surface area contributed by atoms with E-state index in [4.69, 9.17) is 5.73 Å². The normalized spacial score (nSPS) is 11.8. The van der Waals surface area contributed by atoms with E-state index >= 15 is 0 Å². The largest absolute Gasteiger partial charge is 0.416 e. The molecule has 0 aliphatic carbocycles. The first kappa shape index (κ1) is 12.5. The Labute approximate surface area is 100 Å². The van der Waals surface area contributed by atoms with Crippen molar-refractivity contribution in [2.45, 2.75) is 12.6 Å². The maximum Gasteiger partial charge on any atom is 0.416 e. The highest BCUT2D eigenvalue weighted by atomic mass is 19.4. The standard InChI is InChI=1S/C10H10F3N5/c11-10(12,13)7-2-1-3-8(6-7)18-9(4-5-14)15-16-17-18/h1-3,6H,4-5,14H2. The van der Waals surface area contributed by atoms with Crippen LogP contribution in [0.3, 0.4) is 0 Å². The van der Waals surface area contributed by atoms with Crippen molar-refractivity contribution in [3.63, 3.8) is 0 Å². The average molecular weight is 257 g/mol. The van der Waals surface area contributed by atoms with Crippen LogP contribution in [0.1, 0.15) is 11.4 Å². The summed E-state index contributed by atoms with van der Waals surface area (Å²) in [5.74, 6) is 0.428. The molecule has 0 atom stereocenters. The van der Waals surface area contributed by atoms with Gasteiger partial charge in [0.25, 0.3) is 0 Å². The minimum absolute atomic E-state index is 0.262. The minimum Gasteiger partial charge on any atom is -0.330 e. The van der Waals surface area contributed by atoms with E-state index in [2.05, 4.69) is 15.5 Å². The van der Waals surface area contributed by atoms with Crippen molar-refractivity contribution in [1.82, 2.24) is 20.2 Å². The van der Waals surface area contributed by atoms with Gasteiger partial charge in [-0.2, -0.15) is 17.9 Å². The first-order valence-electron chi connectivity index (χ1n) is 5.17. The van der Waals surface area contributed by atoms with Gasteiger partial charge in [-0.25, -0.2) is 0 Å². The molecule has 1 heterocycles. The lowest BCUT2D eigenvalue weighted by atomic mass is 10.2. The van der Waals surface area contributed by atoms with Gasteiger partial charge in [-0.3, -0.25) is 0 Å². The predicted octanol–water partition coefficient (Wildman–Crippen LogP) is 1.18. The van der Waals surface area contributed by atoms with E-state index < -0.39 is 11.7 Å². The molecule has 1 aromatic carbocycles. The number of hydrogen-bond donors (Lipinski definition) is 1. The summed E-state index contributed by atoms with van der Waals surface area (Å²) in [6.07, 6.45) is -4.00. The first-order valence-corrected chi connectivity index (χ1v) is 5.17. The molecule has 0 spiro atoms. The first-order chi connectivity index (χ1) is 8.52. The number of nitrogens with zero attached hydrogens (tertiary/aromatic N) is 4. The summed E-state index contributed by atoms with van der Waals surface area (Å²) in [7, 11) is 0. The summed E-state index contributed by atoms with van der Waals surface area (Å²) in [6, 6.07) is 4.81. The smallest absolute Gasteiger partial charge is 0.330 e. The highest BCUT2D eigenvalue weighted by Gasteiger charge is 2.30. The Bertz CT molecular complexity index is 534. The summed E-state index contributed by atoms with van der Waals surface area (Å²) in [5.41, 5.74) is 4.90. The lowest BCUT2D eigenvalue weighted by Crippen LogP contribution is -2.11. The Hall–Kier alpha value is -1.96. The molecule has 0 fully saturated rings. The Morgan fingerprint density at radius 1 is 1.28 bits per heavy atom. The molecule has 2 N–H and O–H groups in total. The summed E-state index contributed by atoms with van der Waals surface area (Å²) in [5, 5.41) is 10.8. The Morgan fingerprint density at radius 3 is 2.72 bits per heavy atom. The second-order valence-corrected chi connectivity index (χ2v) is 3.59. The molecular weight excluding hydrogens is 247 g/mol. The summed E-state index contributed by atoms with van der Waals surface area (Å²) < 4.78 is 39.0. The van der Waals surface area contributed by atoms with Crippen LogP contribution < -0.4 is 5.73 Å². The third-order valence-corrected chi connectivity index (χ3v) is 2.32. The van der Waals surface area contributed by atoms with Gasteiger partial charge in [0.05, 0.1) is 11.3 Å². The molecule has 0 saturated heterocycles. The van der Waals surface area contributed by atoms with Crippen LogP contribution in [-0.4, -0.2) is 26.8 Å². The zero-order valence-electron chi connectivity index (χ0n) is 9.22. The van der Waals surface area contributed by atoms with Crippen molar-refractivity contribution in [3.8, 4) is 5.69 Å². The molecular formula is C10H10F3N5. The predicted molar refractivity (Wildman–Crippen MR) is 56.9 cm³/mol. The second-order valence-electron chi connectivity index (χ2n) is 3.59. The Morgan fingerprint density at radius 2 is 2.06 bits per heavy atom. The van der Waals surface area contributed by atoms with Crippen molar-refractivity contribution in [3.05, 3.63) is 35.7 Å². The number of nitrogens with two attached hydrogens (primary N) is 1. The van der Waals surface area contributed by atoms with E-state index in [1.807, 2.05) is 0 Å². The van der Waals surface area contributed by atoms with Gasteiger partial charge in [0.1, 0.15) is 0 Å². The van der Waals surface area contributed by atoms with Gasteiger partial charge in [-0.15, -0.1) is 5.10 Å². The summed E-state index contributed by atoms with van der Waals surface area (Å²) in [6.45, 7) is 0.319. The number of aromatic nitrogens is 4. The van der Waals surface area contributed by atoms with Crippen LogP contribution in [0, 0.1) is 0 Å². The van der Waals surface area contributed by atoms with Crippen LogP contribution in [-0.2, 0) is 12.6 Å². The van der Waals surface area contributed by atoms with Crippen LogP contribution in [0.2, 0.25) is 0 Å². The van der Waals surface area contributed by atoms with Gasteiger partial charge < -0.3 is 5.73 Å². The van der Waals surface area contributed by atoms with Crippen molar-refractivity contribution in [2.24, 2.45) is 5.73 Å². The second kappa shape index (κ2) is 4.73. The van der Waals surface area contributed by atoms with Gasteiger partial charge in [0.15, 0.2) is 5.82 Å². The highest BCUT2D eigenvalue weighted by Crippen LogP contribution is 2.30. The van der Waals surface area contributed by atoms with E-state index in [0.29, 0.717) is 18.8 Å². The summed E-state index contributed by atoms with van der Waals surface area (Å²) in [4.78, 5) is 0. The average Bonchev–Trinajstić information content (AvgIpc) is 2.77. The molecule has 0 aliphatic heterocycles. The number of halogens is 3. The van der Waals surface area contributed by atoms with Crippen molar-refractivity contribution >= 4 is 0 Å². The molecule has 0 radical (unpaired) electrons. The molecule has 5 nitrogen and oxygen atoms in total. The monoisotopic (exact) mass is 257 g/mol. The van der Waals surface area contributed by atoms with Gasteiger partial charge in [-0.05, 0) is 35.2 Å². The quantitative estimate of drug-likeness (QED) is 0.896. The fourth-order valence-electron chi connectivity index (χ4n) is 1.51. The minimum atomic E-state index is -4.39. The van der Waals surface area contributed by atoms with Crippen LogP contribution in [0.25, 0.3) is 5.69 Å². The third kappa shape index (κ3) is 2.48. The maximum atomic E-state index is 12.6. The van der Waals surface area contributed by atoms with Gasteiger partial charge in [-0.1, -0.05) is 6.07 Å². The van der Waals surface area contributed by atoms with Gasteiger partial charge >= 0.3 is 6.18 Å². The SMILES string of the molecule is NCCc1nnnn1-c1cccc(C(F)(F)F)c1. The molecule has 0 amide bonds. The van der Waals surface area contributed by atoms with E-state index in [0.717, 1.165) is 12.1 Å². The van der Waals surface area contributed by atoms with E-state index in [-0.39, 0.29) is 5.69 Å². The number of rotatable bonds is 3. The zero-order valence-corrected chi connectivity index (χ0v) is 9.22. The fourth-order valence-corrected chi connectivity index (χ4v) is 1.51. The topological polar surface area (TPSA) is 69.6 Å². The lowest BCUT2D eigenvalue weighted by Gasteiger charge is -2.09. The van der Waals surface area contributed by atoms with E-state index in [1.54, 1.807) is 0 Å². The molecule has 2 rings (SSSR count). The number of hydrogen-bond acceptors (Lipinski definition) is 4. The van der Waals surface area contributed by atoms with Crippen LogP contribution in [0.4, 0.5) is 13.2 Å². The molecule has 0 bridgehead atoms. The Balaban J connectivity index is 2.42. The van der Waals surface area contributed by atoms with Gasteiger partial charge in [0.2, 0.25) is 0 Å². The third-order valence-electron chi connectivity index (χ3n) is 2.32. The molecule has 0 aliphatic rings. The van der Waals surface area contributed by atoms with E-state index in [9.17, 15) is 13.2 Å². The van der Waals surface area contributed by atoms with Crippen LogP contribution in [0.5, 0.6) is 0 Å². The molecule has 0 unspecified atom stereocenters. The van der Waals surface area contributed by atoms with Crippen molar-refractivity contribution in [1.29, 1.82) is 0 Å². The number of benzene rings is 1. The van der Waals surface area contributed by atoms with Gasteiger partial charge in [0, 0.05) is 6.42 Å². The maximum absolute atomic E-state index is 12.6. The van der Waals surface area contributed by atoms with Crippen LogP contribution >= 0.6 is 0 Å². The Kier molecular flexibility index (Phi) is 3.28. The number of tetrazole rings is 1. The molecule has 2 aromatic rings. The summed E-state index contributed by atoms with van der Waals surface area (Å²) >= 11 is 0. The van der Waals surface area contributed by atoms with Crippen molar-refractivity contribution < 1.29 is 13.2 Å². The molecule has 96 valence electrons. The molecule has 1 aromatic heterocycles.